The van der Waals surface area contributed by atoms with Crippen molar-refractivity contribution in [1.82, 2.24) is 5.32 Å². The summed E-state index contributed by atoms with van der Waals surface area (Å²) >= 11 is 0. The van der Waals surface area contributed by atoms with Gasteiger partial charge < -0.3 is 10.4 Å². The fourth-order valence-electron chi connectivity index (χ4n) is 3.55. The number of hydrogen-bond acceptors (Lipinski definition) is 4. The van der Waals surface area contributed by atoms with E-state index in [4.69, 9.17) is 0 Å². The molecule has 7 heteroatoms. The highest BCUT2D eigenvalue weighted by Crippen LogP contribution is 2.05. The summed E-state index contributed by atoms with van der Waals surface area (Å²) in [6.07, 6.45) is 41.4. The van der Waals surface area contributed by atoms with Crippen molar-refractivity contribution >= 4 is 16.0 Å². The highest BCUT2D eigenvalue weighted by atomic mass is 32.2. The van der Waals surface area contributed by atoms with Crippen LogP contribution in [0.4, 0.5) is 0 Å². The minimum Gasteiger partial charge on any atom is -0.387 e. The molecule has 0 aromatic heterocycles. The van der Waals surface area contributed by atoms with Crippen LogP contribution in [0.15, 0.2) is 97.2 Å². The first-order chi connectivity index (χ1) is 19.8. The molecule has 41 heavy (non-hydrogen) atoms. The molecule has 0 aliphatic rings. The monoisotopic (exact) mass is 587 g/mol. The van der Waals surface area contributed by atoms with E-state index >= 15 is 0 Å². The van der Waals surface area contributed by atoms with Gasteiger partial charge in [0, 0.05) is 6.42 Å². The molecule has 0 bridgehead atoms. The number of rotatable bonds is 24. The molecule has 0 radical (unpaired) electrons. The summed E-state index contributed by atoms with van der Waals surface area (Å²) in [5.41, 5.74) is 0. The molecular formula is C34H53NO5S. The third-order valence-corrected chi connectivity index (χ3v) is 6.52. The molecule has 0 heterocycles. The average Bonchev–Trinajstić information content (AvgIpc) is 2.92. The van der Waals surface area contributed by atoms with Gasteiger partial charge in [-0.3, -0.25) is 9.35 Å². The zero-order chi connectivity index (χ0) is 30.4. The molecule has 0 rings (SSSR count). The molecule has 230 valence electrons. The molecule has 0 spiro atoms. The van der Waals surface area contributed by atoms with Crippen molar-refractivity contribution in [3.05, 3.63) is 97.2 Å². The number of allylic oxidation sites excluding steroid dienone is 15. The van der Waals surface area contributed by atoms with Gasteiger partial charge in [-0.25, -0.2) is 0 Å². The van der Waals surface area contributed by atoms with E-state index in [1.807, 2.05) is 12.2 Å². The van der Waals surface area contributed by atoms with Gasteiger partial charge in [-0.15, -0.1) is 0 Å². The van der Waals surface area contributed by atoms with Gasteiger partial charge in [0.1, 0.15) is 0 Å². The summed E-state index contributed by atoms with van der Waals surface area (Å²) in [4.78, 5) is 12.3. The van der Waals surface area contributed by atoms with Gasteiger partial charge in [-0.1, -0.05) is 117 Å². The van der Waals surface area contributed by atoms with E-state index in [-0.39, 0.29) is 12.3 Å². The third kappa shape index (κ3) is 28.6. The fourth-order valence-corrected chi connectivity index (χ4v) is 4.28. The SMILES string of the molecule is CC/C=C\C/C=C\C/C=C\C/C=C\C/C=C\C/C=C\CCC(=O)NC(CS(=O)(=O)O)C(O)/C=C/CC/C=C/CCC. The summed E-state index contributed by atoms with van der Waals surface area (Å²) in [5, 5.41) is 12.9. The van der Waals surface area contributed by atoms with Crippen molar-refractivity contribution in [2.45, 2.75) is 103 Å². The first-order valence-electron chi connectivity index (χ1n) is 14.9. The first kappa shape index (κ1) is 38.3. The Balaban J connectivity index is 4.24. The van der Waals surface area contributed by atoms with E-state index < -0.39 is 28.0 Å². The number of aliphatic hydroxyl groups is 1. The number of carbonyl (C=O) groups is 1. The third-order valence-electron chi connectivity index (χ3n) is 5.74. The molecule has 0 saturated heterocycles. The maximum atomic E-state index is 12.3. The zero-order valence-electron chi connectivity index (χ0n) is 25.1. The van der Waals surface area contributed by atoms with E-state index in [0.29, 0.717) is 12.8 Å². The van der Waals surface area contributed by atoms with Gasteiger partial charge in [0.05, 0.1) is 17.9 Å². The molecule has 6 nitrogen and oxygen atoms in total. The predicted molar refractivity (Wildman–Crippen MR) is 174 cm³/mol. The highest BCUT2D eigenvalue weighted by molar-refractivity contribution is 7.85. The lowest BCUT2D eigenvalue weighted by Crippen LogP contribution is -2.46. The Bertz CT molecular complexity index is 1000. The Morgan fingerprint density at radius 2 is 1.10 bits per heavy atom. The Morgan fingerprint density at radius 1 is 0.659 bits per heavy atom. The second-order valence-corrected chi connectivity index (χ2v) is 11.1. The van der Waals surface area contributed by atoms with Gasteiger partial charge >= 0.3 is 0 Å². The molecule has 0 aromatic rings. The van der Waals surface area contributed by atoms with Crippen molar-refractivity contribution < 1.29 is 22.9 Å². The summed E-state index contributed by atoms with van der Waals surface area (Å²) in [5.74, 6) is -1.13. The van der Waals surface area contributed by atoms with Crippen LogP contribution in [0.1, 0.15) is 90.9 Å². The van der Waals surface area contributed by atoms with Crippen molar-refractivity contribution in [2.75, 3.05) is 5.75 Å². The minimum atomic E-state index is -4.37. The fraction of sp³-hybridized carbons (Fsp3) is 0.500. The molecule has 0 fully saturated rings. The molecule has 0 saturated carbocycles. The number of hydrogen-bond donors (Lipinski definition) is 3. The molecule has 0 aliphatic heterocycles. The van der Waals surface area contributed by atoms with Gasteiger partial charge in [-0.2, -0.15) is 8.42 Å². The molecule has 0 aliphatic carbocycles. The second kappa shape index (κ2) is 27.4. The number of aliphatic hydroxyl groups excluding tert-OH is 1. The van der Waals surface area contributed by atoms with Crippen molar-refractivity contribution in [3.8, 4) is 0 Å². The highest BCUT2D eigenvalue weighted by Gasteiger charge is 2.24. The topological polar surface area (TPSA) is 104 Å². The number of nitrogens with one attached hydrogen (secondary N) is 1. The van der Waals surface area contributed by atoms with E-state index in [2.05, 4.69) is 92.1 Å². The van der Waals surface area contributed by atoms with Gasteiger partial charge in [0.25, 0.3) is 10.1 Å². The molecule has 1 amide bonds. The minimum absolute atomic E-state index is 0.156. The van der Waals surface area contributed by atoms with Crippen LogP contribution < -0.4 is 5.32 Å². The van der Waals surface area contributed by atoms with Crippen LogP contribution in [0.2, 0.25) is 0 Å². The van der Waals surface area contributed by atoms with E-state index in [0.717, 1.165) is 57.8 Å². The number of carbonyl (C=O) groups excluding carboxylic acids is 1. The lowest BCUT2D eigenvalue weighted by Gasteiger charge is -2.20. The largest absolute Gasteiger partial charge is 0.387 e. The van der Waals surface area contributed by atoms with Crippen LogP contribution >= 0.6 is 0 Å². The van der Waals surface area contributed by atoms with E-state index in [1.165, 1.54) is 6.08 Å². The maximum Gasteiger partial charge on any atom is 0.267 e. The standard InChI is InChI=1S/C34H53NO5S/c1-3-5-7-9-11-12-13-14-15-16-17-18-19-20-21-22-24-26-28-30-34(37)35-32(31-41(38,39)40)33(36)29-27-25-23-10-8-6-4-2/h5,7-8,10-12,14-15,17-18,20-21,24,26-27,29,32-33,36H,3-4,6,9,13,16,19,22-23,25,28,30-31H2,1-2H3,(H,35,37)(H,38,39,40)/b7-5-,10-8+,12-11-,15-14-,18-17-,21-20-,26-24-,29-27+. The number of amides is 1. The molecule has 0 aromatic carbocycles. The summed E-state index contributed by atoms with van der Waals surface area (Å²) in [6, 6.07) is -1.12. The van der Waals surface area contributed by atoms with Gasteiger partial charge in [0.15, 0.2) is 0 Å². The van der Waals surface area contributed by atoms with E-state index in [1.54, 1.807) is 6.08 Å². The lowest BCUT2D eigenvalue weighted by molar-refractivity contribution is -0.122. The Morgan fingerprint density at radius 3 is 1.59 bits per heavy atom. The smallest absolute Gasteiger partial charge is 0.267 e. The quantitative estimate of drug-likeness (QED) is 0.0605. The van der Waals surface area contributed by atoms with Crippen LogP contribution in [0.3, 0.4) is 0 Å². The maximum absolute atomic E-state index is 12.3. The molecule has 2 atom stereocenters. The van der Waals surface area contributed by atoms with Crippen LogP contribution in [-0.4, -0.2) is 41.9 Å². The molecule has 3 N–H and O–H groups in total. The normalized spacial score (nSPS) is 14.9. The molecular weight excluding hydrogens is 534 g/mol. The Hall–Kier alpha value is -2.74. The second-order valence-electron chi connectivity index (χ2n) is 9.63. The van der Waals surface area contributed by atoms with Crippen LogP contribution in [0.25, 0.3) is 0 Å². The van der Waals surface area contributed by atoms with Crippen LogP contribution in [0, 0.1) is 0 Å². The van der Waals surface area contributed by atoms with Crippen molar-refractivity contribution in [1.29, 1.82) is 0 Å². The average molecular weight is 588 g/mol. The Kier molecular flexibility index (Phi) is 25.6. The first-order valence-corrected chi connectivity index (χ1v) is 16.5. The lowest BCUT2D eigenvalue weighted by atomic mass is 10.1. The summed E-state index contributed by atoms with van der Waals surface area (Å²) in [7, 11) is -4.37. The van der Waals surface area contributed by atoms with Crippen molar-refractivity contribution in [3.63, 3.8) is 0 Å². The summed E-state index contributed by atoms with van der Waals surface area (Å²) < 4.78 is 32.0. The van der Waals surface area contributed by atoms with Gasteiger partial charge in [0.2, 0.25) is 5.91 Å². The summed E-state index contributed by atoms with van der Waals surface area (Å²) in [6.45, 7) is 4.24. The van der Waals surface area contributed by atoms with Crippen molar-refractivity contribution in [2.24, 2.45) is 0 Å². The predicted octanol–water partition coefficient (Wildman–Crippen LogP) is 7.89. The van der Waals surface area contributed by atoms with Gasteiger partial charge in [-0.05, 0) is 64.2 Å². The van der Waals surface area contributed by atoms with E-state index in [9.17, 15) is 22.9 Å². The number of unbranched alkanes of at least 4 members (excludes halogenated alkanes) is 2. The molecule has 2 unspecified atom stereocenters. The van der Waals surface area contributed by atoms with Crippen LogP contribution in [-0.2, 0) is 14.9 Å². The Labute approximate surface area is 249 Å². The zero-order valence-corrected chi connectivity index (χ0v) is 25.9. The van der Waals surface area contributed by atoms with Crippen LogP contribution in [0.5, 0.6) is 0 Å².